The first-order chi connectivity index (χ1) is 7.90. The Kier molecular flexibility index (Phi) is 3.86. The zero-order chi connectivity index (χ0) is 13.0. The van der Waals surface area contributed by atoms with E-state index in [-0.39, 0.29) is 30.0 Å². The smallest absolute Gasteiger partial charge is 0.276 e. The Morgan fingerprint density at radius 3 is 1.94 bits per heavy atom. The number of hydrogen-bond acceptors (Lipinski definition) is 5. The highest BCUT2D eigenvalue weighted by molar-refractivity contribution is 5.75. The van der Waals surface area contributed by atoms with Gasteiger partial charge in [-0.15, -0.1) is 0 Å². The quantitative estimate of drug-likeness (QED) is 0.576. The van der Waals surface area contributed by atoms with Gasteiger partial charge in [0.2, 0.25) is 0 Å². The van der Waals surface area contributed by atoms with E-state index in [1.807, 2.05) is 0 Å². The average Bonchev–Trinajstić information content (AvgIpc) is 2.25. The first-order valence-electron chi connectivity index (χ1n) is 4.82. The van der Waals surface area contributed by atoms with Gasteiger partial charge in [-0.1, -0.05) is 0 Å². The van der Waals surface area contributed by atoms with Crippen molar-refractivity contribution in [1.82, 2.24) is 0 Å². The van der Waals surface area contributed by atoms with Gasteiger partial charge < -0.3 is 4.79 Å². The molecule has 7 heteroatoms. The minimum absolute atomic E-state index is 0.0702. The number of carbonyl (C=O) groups is 1. The summed E-state index contributed by atoms with van der Waals surface area (Å²) in [7, 11) is 0. The van der Waals surface area contributed by atoms with E-state index in [4.69, 9.17) is 0 Å². The fourth-order valence-electron chi connectivity index (χ4n) is 1.33. The lowest BCUT2D eigenvalue weighted by atomic mass is 10.1. The molecular weight excluding hydrogens is 228 g/mol. The number of benzene rings is 1. The molecule has 1 rings (SSSR count). The van der Waals surface area contributed by atoms with Crippen molar-refractivity contribution in [3.8, 4) is 0 Å². The molecule has 1 aromatic rings. The summed E-state index contributed by atoms with van der Waals surface area (Å²) in [6.07, 6.45) is 0.468. The van der Waals surface area contributed by atoms with Gasteiger partial charge >= 0.3 is 0 Å². The maximum atomic E-state index is 10.8. The van der Waals surface area contributed by atoms with Crippen molar-refractivity contribution in [3.63, 3.8) is 0 Å². The predicted octanol–water partition coefficient (Wildman–Crippen LogP) is 2.02. The van der Waals surface area contributed by atoms with Gasteiger partial charge in [-0.25, -0.2) is 0 Å². The molecule has 0 N–H and O–H groups in total. The molecule has 0 atom stereocenters. The molecule has 0 aliphatic rings. The van der Waals surface area contributed by atoms with Gasteiger partial charge in [0.15, 0.2) is 0 Å². The maximum absolute atomic E-state index is 10.8. The molecule has 1 aromatic carbocycles. The largest absolute Gasteiger partial charge is 0.300 e. The van der Waals surface area contributed by atoms with Crippen LogP contribution in [-0.2, 0) is 11.2 Å². The summed E-state index contributed by atoms with van der Waals surface area (Å²) in [5, 5.41) is 21.2. The van der Waals surface area contributed by atoms with Crippen LogP contribution in [0.25, 0.3) is 0 Å². The monoisotopic (exact) mass is 238 g/mol. The van der Waals surface area contributed by atoms with E-state index in [1.54, 1.807) is 0 Å². The first kappa shape index (κ1) is 12.8. The number of carbonyl (C=O) groups excluding carboxylic acids is 1. The Morgan fingerprint density at radius 1 is 1.12 bits per heavy atom. The van der Waals surface area contributed by atoms with Crippen LogP contribution in [0.15, 0.2) is 18.2 Å². The lowest BCUT2D eigenvalue weighted by Crippen LogP contribution is -1.98. The van der Waals surface area contributed by atoms with Crippen LogP contribution < -0.4 is 0 Å². The lowest BCUT2D eigenvalue weighted by Gasteiger charge is -2.00. The summed E-state index contributed by atoms with van der Waals surface area (Å²) in [4.78, 5) is 30.6. The zero-order valence-electron chi connectivity index (χ0n) is 9.08. The molecule has 0 saturated carbocycles. The summed E-state index contributed by atoms with van der Waals surface area (Å²) >= 11 is 0. The summed E-state index contributed by atoms with van der Waals surface area (Å²) in [6, 6.07) is 3.39. The van der Waals surface area contributed by atoms with E-state index in [0.29, 0.717) is 5.56 Å². The second kappa shape index (κ2) is 5.15. The topological polar surface area (TPSA) is 103 Å². The second-order valence-corrected chi connectivity index (χ2v) is 3.57. The van der Waals surface area contributed by atoms with Crippen molar-refractivity contribution in [2.75, 3.05) is 0 Å². The van der Waals surface area contributed by atoms with Gasteiger partial charge in [-0.2, -0.15) is 0 Å². The summed E-state index contributed by atoms with van der Waals surface area (Å²) in [6.45, 7) is 1.39. The number of rotatable bonds is 5. The van der Waals surface area contributed by atoms with Crippen molar-refractivity contribution in [2.45, 2.75) is 19.8 Å². The van der Waals surface area contributed by atoms with Gasteiger partial charge in [-0.05, 0) is 18.9 Å². The maximum Gasteiger partial charge on any atom is 0.276 e. The normalized spacial score (nSPS) is 9.94. The third-order valence-electron chi connectivity index (χ3n) is 2.15. The van der Waals surface area contributed by atoms with Crippen LogP contribution >= 0.6 is 0 Å². The van der Waals surface area contributed by atoms with E-state index in [2.05, 4.69) is 0 Å². The van der Waals surface area contributed by atoms with Crippen LogP contribution in [0.4, 0.5) is 11.4 Å². The fraction of sp³-hybridized carbons (Fsp3) is 0.300. The lowest BCUT2D eigenvalue weighted by molar-refractivity contribution is -0.394. The molecule has 0 spiro atoms. The second-order valence-electron chi connectivity index (χ2n) is 3.57. The van der Waals surface area contributed by atoms with Crippen molar-refractivity contribution in [2.24, 2.45) is 0 Å². The van der Waals surface area contributed by atoms with Crippen molar-refractivity contribution in [1.29, 1.82) is 0 Å². The number of aryl methyl sites for hydroxylation is 1. The van der Waals surface area contributed by atoms with E-state index in [0.717, 1.165) is 6.07 Å². The fourth-order valence-corrected chi connectivity index (χ4v) is 1.33. The molecule has 7 nitrogen and oxygen atoms in total. The molecule has 0 unspecified atom stereocenters. The summed E-state index contributed by atoms with van der Waals surface area (Å²) in [5.74, 6) is -0.0702. The third kappa shape index (κ3) is 3.63. The molecule has 0 heterocycles. The van der Waals surface area contributed by atoms with Gasteiger partial charge in [0.05, 0.1) is 15.9 Å². The molecule has 17 heavy (non-hydrogen) atoms. The summed E-state index contributed by atoms with van der Waals surface area (Å²) < 4.78 is 0. The first-order valence-corrected chi connectivity index (χ1v) is 4.82. The standard InChI is InChI=1S/C10H10N2O5/c1-7(13)2-3-8-4-9(11(14)15)6-10(5-8)12(16)17/h4-6H,2-3H2,1H3. The number of nitro benzene ring substituents is 2. The number of Topliss-reactive ketones (excluding diaryl/α,β-unsaturated/α-hetero) is 1. The number of hydrogen-bond donors (Lipinski definition) is 0. The van der Waals surface area contributed by atoms with E-state index >= 15 is 0 Å². The highest BCUT2D eigenvalue weighted by Crippen LogP contribution is 2.23. The SMILES string of the molecule is CC(=O)CCc1cc([N+](=O)[O-])cc([N+](=O)[O-])c1. The Labute approximate surface area is 96.4 Å². The summed E-state index contributed by atoms with van der Waals surface area (Å²) in [5.41, 5.74) is -0.253. The molecule has 90 valence electrons. The van der Waals surface area contributed by atoms with Crippen molar-refractivity contribution < 1.29 is 14.6 Å². The van der Waals surface area contributed by atoms with Gasteiger partial charge in [0.25, 0.3) is 11.4 Å². The molecule has 0 saturated heterocycles. The number of non-ortho nitro benzene ring substituents is 2. The van der Waals surface area contributed by atoms with Crippen LogP contribution in [-0.4, -0.2) is 15.6 Å². The van der Waals surface area contributed by atoms with Crippen LogP contribution in [0.1, 0.15) is 18.9 Å². The highest BCUT2D eigenvalue weighted by atomic mass is 16.6. The molecule has 0 amide bonds. The Hall–Kier alpha value is -2.31. The molecule has 0 aromatic heterocycles. The average molecular weight is 238 g/mol. The van der Waals surface area contributed by atoms with E-state index in [9.17, 15) is 25.0 Å². The van der Waals surface area contributed by atoms with E-state index in [1.165, 1.54) is 19.1 Å². The number of nitrogens with zero attached hydrogens (tertiary/aromatic N) is 2. The van der Waals surface area contributed by atoms with Crippen molar-refractivity contribution >= 4 is 17.2 Å². The van der Waals surface area contributed by atoms with Gasteiger partial charge in [-0.3, -0.25) is 20.2 Å². The molecule has 0 radical (unpaired) electrons. The molecular formula is C10H10N2O5. The number of nitro groups is 2. The number of ketones is 1. The highest BCUT2D eigenvalue weighted by Gasteiger charge is 2.16. The molecule has 0 bridgehead atoms. The Morgan fingerprint density at radius 2 is 1.59 bits per heavy atom. The van der Waals surface area contributed by atoms with Crippen LogP contribution in [0.3, 0.4) is 0 Å². The molecule has 0 aliphatic heterocycles. The molecule has 0 fully saturated rings. The van der Waals surface area contributed by atoms with Crippen LogP contribution in [0.5, 0.6) is 0 Å². The predicted molar refractivity (Wildman–Crippen MR) is 58.8 cm³/mol. The van der Waals surface area contributed by atoms with Crippen LogP contribution in [0.2, 0.25) is 0 Å². The van der Waals surface area contributed by atoms with Gasteiger partial charge in [0.1, 0.15) is 5.78 Å². The molecule has 0 aliphatic carbocycles. The minimum atomic E-state index is -0.690. The van der Waals surface area contributed by atoms with Gasteiger partial charge in [0, 0.05) is 18.6 Å². The van der Waals surface area contributed by atoms with E-state index < -0.39 is 9.85 Å². The van der Waals surface area contributed by atoms with Crippen molar-refractivity contribution in [3.05, 3.63) is 44.0 Å². The minimum Gasteiger partial charge on any atom is -0.300 e. The zero-order valence-corrected chi connectivity index (χ0v) is 9.08. The Bertz CT molecular complexity index is 451. The van der Waals surface area contributed by atoms with Crippen LogP contribution in [0, 0.1) is 20.2 Å². The third-order valence-corrected chi connectivity index (χ3v) is 2.15. The Balaban J connectivity index is 3.08.